The molecule has 1 atom stereocenters. The Bertz CT molecular complexity index is 661. The molecule has 2 aromatic rings. The summed E-state index contributed by atoms with van der Waals surface area (Å²) in [6, 6.07) is 12.9. The smallest absolute Gasteiger partial charge is 0.151 e. The minimum atomic E-state index is 0.507. The molecule has 3 rings (SSSR count). The Morgan fingerprint density at radius 2 is 1.67 bits per heavy atom. The largest absolute Gasteiger partial charge is 0.453 e. The fraction of sp³-hybridized carbons (Fsp3) is 0.368. The Kier molecular flexibility index (Phi) is 3.62. The first-order valence-electron chi connectivity index (χ1n) is 7.81. The van der Waals surface area contributed by atoms with Gasteiger partial charge < -0.3 is 10.1 Å². The zero-order valence-corrected chi connectivity index (χ0v) is 13.2. The maximum atomic E-state index is 6.07. The molecule has 0 fully saturated rings. The van der Waals surface area contributed by atoms with Gasteiger partial charge in [-0.05, 0) is 53.6 Å². The predicted octanol–water partition coefficient (Wildman–Crippen LogP) is 6.17. The summed E-state index contributed by atoms with van der Waals surface area (Å²) in [5, 5.41) is 3.50. The van der Waals surface area contributed by atoms with E-state index < -0.39 is 0 Å². The van der Waals surface area contributed by atoms with Crippen LogP contribution in [0.3, 0.4) is 0 Å². The summed E-state index contributed by atoms with van der Waals surface area (Å²) in [5.74, 6) is 2.91. The second-order valence-electron chi connectivity index (χ2n) is 6.20. The number of nitrogens with one attached hydrogen (secondary N) is 1. The Hall–Kier alpha value is -1.96. The van der Waals surface area contributed by atoms with Crippen molar-refractivity contribution in [3.8, 4) is 11.5 Å². The van der Waals surface area contributed by atoms with Crippen LogP contribution in [-0.2, 0) is 0 Å². The molecule has 0 radical (unpaired) electrons. The lowest BCUT2D eigenvalue weighted by Crippen LogP contribution is -2.05. The lowest BCUT2D eigenvalue weighted by Gasteiger charge is -2.24. The van der Waals surface area contributed by atoms with Crippen molar-refractivity contribution in [2.24, 2.45) is 0 Å². The maximum absolute atomic E-state index is 6.07. The van der Waals surface area contributed by atoms with Crippen LogP contribution in [0.4, 0.5) is 11.4 Å². The van der Waals surface area contributed by atoms with E-state index in [2.05, 4.69) is 69.4 Å². The summed E-state index contributed by atoms with van der Waals surface area (Å²) in [6.45, 7) is 8.87. The Morgan fingerprint density at radius 3 is 2.38 bits per heavy atom. The minimum absolute atomic E-state index is 0.507. The number of fused-ring (bicyclic) bond motifs is 2. The van der Waals surface area contributed by atoms with E-state index >= 15 is 0 Å². The number of hydrogen-bond acceptors (Lipinski definition) is 2. The van der Waals surface area contributed by atoms with Crippen LogP contribution in [0.2, 0.25) is 0 Å². The fourth-order valence-corrected chi connectivity index (χ4v) is 2.63. The van der Waals surface area contributed by atoms with Crippen LogP contribution in [0.1, 0.15) is 57.1 Å². The standard InChI is InChI=1S/C19H23NO/c1-5-13(4)15-7-9-18-17(10-15)20-16-8-6-14(12(2)3)11-19(16)21-18/h6-13,20H,5H2,1-4H3. The Labute approximate surface area is 127 Å². The second-order valence-corrected chi connectivity index (χ2v) is 6.20. The molecule has 0 amide bonds. The lowest BCUT2D eigenvalue weighted by atomic mass is 9.97. The van der Waals surface area contributed by atoms with Crippen LogP contribution >= 0.6 is 0 Å². The van der Waals surface area contributed by atoms with Gasteiger partial charge in [-0.2, -0.15) is 0 Å². The molecule has 0 spiro atoms. The highest BCUT2D eigenvalue weighted by atomic mass is 16.5. The van der Waals surface area contributed by atoms with Crippen molar-refractivity contribution >= 4 is 11.4 Å². The third-order valence-corrected chi connectivity index (χ3v) is 4.35. The average Bonchev–Trinajstić information content (AvgIpc) is 2.50. The highest BCUT2D eigenvalue weighted by Gasteiger charge is 2.18. The van der Waals surface area contributed by atoms with Gasteiger partial charge in [0.25, 0.3) is 0 Å². The number of benzene rings is 2. The normalized spacial score (nSPS) is 14.0. The van der Waals surface area contributed by atoms with Crippen molar-refractivity contribution < 1.29 is 4.74 Å². The molecule has 0 aromatic heterocycles. The van der Waals surface area contributed by atoms with Crippen molar-refractivity contribution in [3.63, 3.8) is 0 Å². The van der Waals surface area contributed by atoms with Crippen molar-refractivity contribution in [1.29, 1.82) is 0 Å². The van der Waals surface area contributed by atoms with E-state index in [9.17, 15) is 0 Å². The van der Waals surface area contributed by atoms with Gasteiger partial charge in [0.2, 0.25) is 0 Å². The molecule has 1 aliphatic rings. The summed E-state index contributed by atoms with van der Waals surface area (Å²) in [4.78, 5) is 0. The summed E-state index contributed by atoms with van der Waals surface area (Å²) in [6.07, 6.45) is 1.15. The molecule has 0 saturated heterocycles. The predicted molar refractivity (Wildman–Crippen MR) is 89.0 cm³/mol. The highest BCUT2D eigenvalue weighted by Crippen LogP contribution is 2.43. The first kappa shape index (κ1) is 14.0. The monoisotopic (exact) mass is 281 g/mol. The van der Waals surface area contributed by atoms with Gasteiger partial charge in [0.15, 0.2) is 11.5 Å². The molecule has 1 N–H and O–H groups in total. The van der Waals surface area contributed by atoms with Gasteiger partial charge in [-0.1, -0.05) is 39.8 Å². The zero-order valence-electron chi connectivity index (χ0n) is 13.2. The van der Waals surface area contributed by atoms with E-state index in [1.54, 1.807) is 0 Å². The van der Waals surface area contributed by atoms with E-state index in [4.69, 9.17) is 4.74 Å². The highest BCUT2D eigenvalue weighted by molar-refractivity contribution is 5.76. The SMILES string of the molecule is CCC(C)c1ccc2c(c1)Nc1ccc(C(C)C)cc1O2. The number of ether oxygens (including phenoxy) is 1. The molecular formula is C19H23NO. The first-order valence-corrected chi connectivity index (χ1v) is 7.81. The van der Waals surface area contributed by atoms with Crippen LogP contribution in [-0.4, -0.2) is 0 Å². The van der Waals surface area contributed by atoms with Crippen LogP contribution in [0.25, 0.3) is 0 Å². The maximum Gasteiger partial charge on any atom is 0.151 e. The molecule has 2 aromatic carbocycles. The molecule has 110 valence electrons. The van der Waals surface area contributed by atoms with Gasteiger partial charge in [-0.15, -0.1) is 0 Å². The van der Waals surface area contributed by atoms with Gasteiger partial charge in [-0.25, -0.2) is 0 Å². The van der Waals surface area contributed by atoms with Gasteiger partial charge in [0.1, 0.15) is 0 Å². The van der Waals surface area contributed by atoms with E-state index in [0.29, 0.717) is 11.8 Å². The molecule has 1 unspecified atom stereocenters. The third-order valence-electron chi connectivity index (χ3n) is 4.35. The number of anilines is 2. The van der Waals surface area contributed by atoms with E-state index in [-0.39, 0.29) is 0 Å². The first-order chi connectivity index (χ1) is 10.1. The lowest BCUT2D eigenvalue weighted by molar-refractivity contribution is 0.479. The molecular weight excluding hydrogens is 258 g/mol. The average molecular weight is 281 g/mol. The molecule has 0 aliphatic carbocycles. The molecule has 2 nitrogen and oxygen atoms in total. The molecule has 0 saturated carbocycles. The fourth-order valence-electron chi connectivity index (χ4n) is 2.63. The van der Waals surface area contributed by atoms with Gasteiger partial charge in [0, 0.05) is 0 Å². The quantitative estimate of drug-likeness (QED) is 0.619. The van der Waals surface area contributed by atoms with Crippen LogP contribution in [0.5, 0.6) is 11.5 Å². The molecule has 1 aliphatic heterocycles. The minimum Gasteiger partial charge on any atom is -0.453 e. The van der Waals surface area contributed by atoms with Gasteiger partial charge in [-0.3, -0.25) is 0 Å². The number of rotatable bonds is 3. The summed E-state index contributed by atoms with van der Waals surface area (Å²) in [7, 11) is 0. The van der Waals surface area contributed by atoms with Gasteiger partial charge >= 0.3 is 0 Å². The molecule has 21 heavy (non-hydrogen) atoms. The van der Waals surface area contributed by atoms with Gasteiger partial charge in [0.05, 0.1) is 11.4 Å². The Morgan fingerprint density at radius 1 is 0.905 bits per heavy atom. The topological polar surface area (TPSA) is 21.3 Å². The third kappa shape index (κ3) is 2.63. The van der Waals surface area contributed by atoms with E-state index in [0.717, 1.165) is 29.3 Å². The van der Waals surface area contributed by atoms with Crippen LogP contribution in [0, 0.1) is 0 Å². The van der Waals surface area contributed by atoms with Crippen molar-refractivity contribution in [2.45, 2.75) is 46.0 Å². The summed E-state index contributed by atoms with van der Waals surface area (Å²) in [5.41, 5.74) is 4.77. The summed E-state index contributed by atoms with van der Waals surface area (Å²) >= 11 is 0. The summed E-state index contributed by atoms with van der Waals surface area (Å²) < 4.78 is 6.07. The van der Waals surface area contributed by atoms with E-state index in [1.165, 1.54) is 11.1 Å². The van der Waals surface area contributed by atoms with Crippen molar-refractivity contribution in [1.82, 2.24) is 0 Å². The van der Waals surface area contributed by atoms with Crippen molar-refractivity contribution in [3.05, 3.63) is 47.5 Å². The number of hydrogen-bond donors (Lipinski definition) is 1. The van der Waals surface area contributed by atoms with E-state index in [1.807, 2.05) is 0 Å². The van der Waals surface area contributed by atoms with Crippen LogP contribution in [0.15, 0.2) is 36.4 Å². The molecule has 2 heteroatoms. The molecule has 0 bridgehead atoms. The van der Waals surface area contributed by atoms with Crippen molar-refractivity contribution in [2.75, 3.05) is 5.32 Å². The van der Waals surface area contributed by atoms with Crippen LogP contribution < -0.4 is 10.1 Å². The zero-order chi connectivity index (χ0) is 15.0. The Balaban J connectivity index is 1.94. The molecule has 1 heterocycles. The second kappa shape index (κ2) is 5.44.